The van der Waals surface area contributed by atoms with E-state index in [4.69, 9.17) is 0 Å². The van der Waals surface area contributed by atoms with Gasteiger partial charge in [0.1, 0.15) is 0 Å². The van der Waals surface area contributed by atoms with Gasteiger partial charge in [0.15, 0.2) is 0 Å². The topological polar surface area (TPSA) is 12.0 Å². The van der Waals surface area contributed by atoms with Crippen LogP contribution in [0.4, 0.5) is 0 Å². The van der Waals surface area contributed by atoms with Crippen LogP contribution in [0.2, 0.25) is 0 Å². The van der Waals surface area contributed by atoms with E-state index in [2.05, 4.69) is 19.2 Å². The van der Waals surface area contributed by atoms with Gasteiger partial charge in [-0.1, -0.05) is 13.8 Å². The van der Waals surface area contributed by atoms with Gasteiger partial charge in [-0.05, 0) is 37.1 Å². The Balaban J connectivity index is 2.09. The van der Waals surface area contributed by atoms with Crippen LogP contribution in [0.15, 0.2) is 0 Å². The Hall–Kier alpha value is -0.0400. The van der Waals surface area contributed by atoms with Gasteiger partial charge in [-0.25, -0.2) is 0 Å². The van der Waals surface area contributed by atoms with Crippen LogP contribution in [0, 0.1) is 17.8 Å². The van der Waals surface area contributed by atoms with E-state index < -0.39 is 0 Å². The summed E-state index contributed by atoms with van der Waals surface area (Å²) < 4.78 is 0. The van der Waals surface area contributed by atoms with Crippen molar-refractivity contribution in [2.45, 2.75) is 32.7 Å². The van der Waals surface area contributed by atoms with Crippen molar-refractivity contribution >= 4 is 0 Å². The van der Waals surface area contributed by atoms with Crippen molar-refractivity contribution < 1.29 is 0 Å². The molecule has 2 bridgehead atoms. The van der Waals surface area contributed by atoms with Crippen LogP contribution < -0.4 is 5.32 Å². The first-order valence-corrected chi connectivity index (χ1v) is 4.50. The molecule has 2 rings (SSSR count). The Kier molecular flexibility index (Phi) is 1.48. The summed E-state index contributed by atoms with van der Waals surface area (Å²) in [6.07, 6.45) is 2.89. The minimum atomic E-state index is 0.862. The molecule has 0 aromatic heterocycles. The second kappa shape index (κ2) is 2.23. The fourth-order valence-corrected chi connectivity index (χ4v) is 2.61. The van der Waals surface area contributed by atoms with Crippen molar-refractivity contribution in [3.63, 3.8) is 0 Å². The van der Waals surface area contributed by atoms with E-state index in [9.17, 15) is 0 Å². The summed E-state index contributed by atoms with van der Waals surface area (Å²) in [6, 6.07) is 0.862. The SMILES string of the molecule is CC1C[C@@H](C)C2CNC1C2. The summed E-state index contributed by atoms with van der Waals surface area (Å²) in [5, 5.41) is 3.60. The first-order chi connectivity index (χ1) is 4.77. The zero-order valence-electron chi connectivity index (χ0n) is 6.93. The van der Waals surface area contributed by atoms with Gasteiger partial charge in [0, 0.05) is 6.04 Å². The largest absolute Gasteiger partial charge is 0.313 e. The minimum absolute atomic E-state index is 0.862. The van der Waals surface area contributed by atoms with Crippen LogP contribution in [-0.4, -0.2) is 12.6 Å². The standard InChI is InChI=1S/C9H17N/c1-6-3-7(2)9-4-8(6)5-10-9/h6-10H,3-5H2,1-2H3/t6-,7?,8?,9?/m1/s1. The quantitative estimate of drug-likeness (QED) is 0.538. The first kappa shape index (κ1) is 6.66. The molecule has 1 heteroatoms. The van der Waals surface area contributed by atoms with Gasteiger partial charge >= 0.3 is 0 Å². The number of hydrogen-bond acceptors (Lipinski definition) is 1. The number of nitrogens with one attached hydrogen (secondary N) is 1. The monoisotopic (exact) mass is 139 g/mol. The fourth-order valence-electron chi connectivity index (χ4n) is 2.61. The Morgan fingerprint density at radius 1 is 1.10 bits per heavy atom. The third-order valence-corrected chi connectivity index (χ3v) is 3.43. The molecule has 1 nitrogen and oxygen atoms in total. The van der Waals surface area contributed by atoms with Crippen molar-refractivity contribution in [1.82, 2.24) is 5.32 Å². The summed E-state index contributed by atoms with van der Waals surface area (Å²) in [5.41, 5.74) is 0. The molecule has 1 N–H and O–H groups in total. The van der Waals surface area contributed by atoms with Gasteiger partial charge in [-0.3, -0.25) is 0 Å². The van der Waals surface area contributed by atoms with Crippen molar-refractivity contribution in [3.05, 3.63) is 0 Å². The molecule has 1 saturated carbocycles. The summed E-state index contributed by atoms with van der Waals surface area (Å²) in [6.45, 7) is 6.08. The maximum Gasteiger partial charge on any atom is 0.00961 e. The van der Waals surface area contributed by atoms with Gasteiger partial charge < -0.3 is 5.32 Å². The lowest BCUT2D eigenvalue weighted by atomic mass is 9.76. The highest BCUT2D eigenvalue weighted by Crippen LogP contribution is 2.37. The summed E-state index contributed by atoms with van der Waals surface area (Å²) in [4.78, 5) is 0. The molecule has 1 saturated heterocycles. The lowest BCUT2D eigenvalue weighted by Crippen LogP contribution is -2.30. The highest BCUT2D eigenvalue weighted by Gasteiger charge is 2.37. The molecule has 0 aromatic rings. The zero-order chi connectivity index (χ0) is 7.14. The van der Waals surface area contributed by atoms with Crippen LogP contribution in [0.5, 0.6) is 0 Å². The first-order valence-electron chi connectivity index (χ1n) is 4.50. The smallest absolute Gasteiger partial charge is 0.00961 e. The van der Waals surface area contributed by atoms with E-state index in [0.717, 1.165) is 23.8 Å². The van der Waals surface area contributed by atoms with Gasteiger partial charge in [-0.2, -0.15) is 0 Å². The molecule has 0 aromatic carbocycles. The second-order valence-corrected chi connectivity index (χ2v) is 4.20. The van der Waals surface area contributed by atoms with Crippen molar-refractivity contribution in [3.8, 4) is 0 Å². The van der Waals surface area contributed by atoms with Gasteiger partial charge in [0.25, 0.3) is 0 Å². The highest BCUT2D eigenvalue weighted by atomic mass is 15.0. The second-order valence-electron chi connectivity index (χ2n) is 4.20. The Bertz CT molecular complexity index is 119. The molecule has 2 fully saturated rings. The van der Waals surface area contributed by atoms with Crippen molar-refractivity contribution in [2.75, 3.05) is 6.54 Å². The van der Waals surface area contributed by atoms with E-state index >= 15 is 0 Å². The maximum atomic E-state index is 3.60. The molecule has 58 valence electrons. The number of hydrogen-bond donors (Lipinski definition) is 1. The van der Waals surface area contributed by atoms with Crippen molar-refractivity contribution in [1.29, 1.82) is 0 Å². The number of rotatable bonds is 0. The van der Waals surface area contributed by atoms with E-state index in [1.807, 2.05) is 0 Å². The average Bonchev–Trinajstić information content (AvgIpc) is 2.28. The van der Waals surface area contributed by atoms with Gasteiger partial charge in [-0.15, -0.1) is 0 Å². The summed E-state index contributed by atoms with van der Waals surface area (Å²) >= 11 is 0. The molecular formula is C9H17N. The Labute approximate surface area is 63.2 Å². The third-order valence-electron chi connectivity index (χ3n) is 3.43. The molecule has 2 aliphatic rings. The highest BCUT2D eigenvalue weighted by molar-refractivity contribution is 4.92. The lowest BCUT2D eigenvalue weighted by Gasteiger charge is -2.29. The zero-order valence-corrected chi connectivity index (χ0v) is 6.93. The van der Waals surface area contributed by atoms with E-state index in [1.165, 1.54) is 19.4 Å². The summed E-state index contributed by atoms with van der Waals surface area (Å²) in [7, 11) is 0. The molecular weight excluding hydrogens is 122 g/mol. The Morgan fingerprint density at radius 2 is 1.90 bits per heavy atom. The molecule has 10 heavy (non-hydrogen) atoms. The average molecular weight is 139 g/mol. The van der Waals surface area contributed by atoms with Gasteiger partial charge in [0.2, 0.25) is 0 Å². The predicted octanol–water partition coefficient (Wildman–Crippen LogP) is 1.64. The van der Waals surface area contributed by atoms with Crippen LogP contribution in [0.3, 0.4) is 0 Å². The van der Waals surface area contributed by atoms with Crippen LogP contribution >= 0.6 is 0 Å². The normalized spacial score (nSPS) is 53.4. The molecule has 1 aliphatic carbocycles. The van der Waals surface area contributed by atoms with Crippen LogP contribution in [0.25, 0.3) is 0 Å². The van der Waals surface area contributed by atoms with E-state index in [0.29, 0.717) is 0 Å². The lowest BCUT2D eigenvalue weighted by molar-refractivity contribution is 0.236. The Morgan fingerprint density at radius 3 is 2.70 bits per heavy atom. The fraction of sp³-hybridized carbons (Fsp3) is 1.00. The predicted molar refractivity (Wildman–Crippen MR) is 42.8 cm³/mol. The molecule has 3 unspecified atom stereocenters. The van der Waals surface area contributed by atoms with Crippen molar-refractivity contribution in [2.24, 2.45) is 17.8 Å². The summed E-state index contributed by atoms with van der Waals surface area (Å²) in [5.74, 6) is 2.90. The van der Waals surface area contributed by atoms with Crippen LogP contribution in [0.1, 0.15) is 26.7 Å². The van der Waals surface area contributed by atoms with Gasteiger partial charge in [0.05, 0.1) is 0 Å². The minimum Gasteiger partial charge on any atom is -0.313 e. The van der Waals surface area contributed by atoms with Crippen LogP contribution in [-0.2, 0) is 0 Å². The molecule has 0 radical (unpaired) electrons. The molecule has 1 aliphatic heterocycles. The molecule has 0 amide bonds. The number of fused-ring (bicyclic) bond motifs is 2. The van der Waals surface area contributed by atoms with E-state index in [-0.39, 0.29) is 0 Å². The van der Waals surface area contributed by atoms with E-state index in [1.54, 1.807) is 0 Å². The maximum absolute atomic E-state index is 3.60. The third kappa shape index (κ3) is 0.878. The molecule has 4 atom stereocenters. The molecule has 0 spiro atoms. The molecule has 1 heterocycles.